The SMILES string of the molecule is CC[C@@H](Cc1nc(-c2[nH]nc3ncc(Cl)cc23)nc(-c2ccco2)c1F)C(C)(C)C. The van der Waals surface area contributed by atoms with E-state index in [1.807, 2.05) is 0 Å². The van der Waals surface area contributed by atoms with E-state index in [0.29, 0.717) is 45.4 Å². The Kier molecular flexibility index (Phi) is 5.32. The summed E-state index contributed by atoms with van der Waals surface area (Å²) in [6.45, 7) is 8.58. The lowest BCUT2D eigenvalue weighted by Crippen LogP contribution is -2.23. The van der Waals surface area contributed by atoms with Crippen LogP contribution in [0, 0.1) is 17.2 Å². The maximum Gasteiger partial charge on any atom is 0.181 e. The van der Waals surface area contributed by atoms with Crippen molar-refractivity contribution < 1.29 is 8.81 Å². The lowest BCUT2D eigenvalue weighted by molar-refractivity contribution is 0.228. The summed E-state index contributed by atoms with van der Waals surface area (Å²) in [6.07, 6.45) is 4.41. The van der Waals surface area contributed by atoms with Crippen LogP contribution in [0.15, 0.2) is 35.1 Å². The molecule has 0 aliphatic rings. The molecule has 0 unspecified atom stereocenters. The lowest BCUT2D eigenvalue weighted by atomic mass is 9.76. The highest BCUT2D eigenvalue weighted by molar-refractivity contribution is 6.31. The molecule has 0 bridgehead atoms. The summed E-state index contributed by atoms with van der Waals surface area (Å²) in [6, 6.07) is 5.13. The number of H-pyrrole nitrogens is 1. The molecular formula is C22H23ClFN5O. The average Bonchev–Trinajstić information content (AvgIpc) is 3.36. The van der Waals surface area contributed by atoms with Gasteiger partial charge in [-0.25, -0.2) is 19.3 Å². The van der Waals surface area contributed by atoms with Crippen LogP contribution >= 0.6 is 11.6 Å². The van der Waals surface area contributed by atoms with Crippen molar-refractivity contribution in [2.24, 2.45) is 11.3 Å². The van der Waals surface area contributed by atoms with E-state index < -0.39 is 5.82 Å². The van der Waals surface area contributed by atoms with Gasteiger partial charge in [-0.15, -0.1) is 0 Å². The Balaban J connectivity index is 1.90. The summed E-state index contributed by atoms with van der Waals surface area (Å²) in [7, 11) is 0. The zero-order valence-electron chi connectivity index (χ0n) is 17.3. The van der Waals surface area contributed by atoms with Crippen molar-refractivity contribution in [3.63, 3.8) is 0 Å². The van der Waals surface area contributed by atoms with Crippen LogP contribution in [0.25, 0.3) is 34.0 Å². The molecule has 1 N–H and O–H groups in total. The van der Waals surface area contributed by atoms with Gasteiger partial charge >= 0.3 is 0 Å². The molecule has 0 saturated heterocycles. The van der Waals surface area contributed by atoms with Gasteiger partial charge in [0.15, 0.2) is 23.0 Å². The number of hydrogen-bond donors (Lipinski definition) is 1. The molecule has 4 aromatic heterocycles. The number of halogens is 2. The van der Waals surface area contributed by atoms with E-state index in [9.17, 15) is 0 Å². The zero-order chi connectivity index (χ0) is 21.5. The topological polar surface area (TPSA) is 80.5 Å². The second kappa shape index (κ2) is 7.80. The first-order chi connectivity index (χ1) is 14.3. The minimum Gasteiger partial charge on any atom is -0.463 e. The minimum atomic E-state index is -0.462. The monoisotopic (exact) mass is 427 g/mol. The van der Waals surface area contributed by atoms with E-state index >= 15 is 4.39 Å². The Morgan fingerprint density at radius 2 is 2.07 bits per heavy atom. The molecule has 0 radical (unpaired) electrons. The summed E-state index contributed by atoms with van der Waals surface area (Å²) < 4.78 is 20.9. The molecule has 8 heteroatoms. The van der Waals surface area contributed by atoms with Crippen molar-refractivity contribution >= 4 is 22.6 Å². The largest absolute Gasteiger partial charge is 0.463 e. The molecule has 4 heterocycles. The molecule has 0 amide bonds. The Hall–Kier alpha value is -2.80. The third-order valence-corrected chi connectivity index (χ3v) is 5.64. The number of aromatic amines is 1. The number of rotatable bonds is 5. The van der Waals surface area contributed by atoms with Crippen LogP contribution in [0.4, 0.5) is 4.39 Å². The summed E-state index contributed by atoms with van der Waals surface area (Å²) in [5.74, 6) is 0.458. The summed E-state index contributed by atoms with van der Waals surface area (Å²) in [5, 5.41) is 8.27. The molecule has 0 aliphatic carbocycles. The van der Waals surface area contributed by atoms with Gasteiger partial charge in [0.25, 0.3) is 0 Å². The van der Waals surface area contributed by atoms with Crippen LogP contribution in [0.2, 0.25) is 5.02 Å². The number of pyridine rings is 1. The summed E-state index contributed by atoms with van der Waals surface area (Å²) >= 11 is 6.12. The zero-order valence-corrected chi connectivity index (χ0v) is 18.1. The molecular weight excluding hydrogens is 405 g/mol. The first-order valence-electron chi connectivity index (χ1n) is 9.88. The van der Waals surface area contributed by atoms with Gasteiger partial charge in [-0.2, -0.15) is 5.10 Å². The van der Waals surface area contributed by atoms with Crippen molar-refractivity contribution in [3.8, 4) is 23.0 Å². The first-order valence-corrected chi connectivity index (χ1v) is 10.3. The maximum atomic E-state index is 15.5. The van der Waals surface area contributed by atoms with E-state index in [1.165, 1.54) is 12.5 Å². The molecule has 0 saturated carbocycles. The highest BCUT2D eigenvalue weighted by atomic mass is 35.5. The van der Waals surface area contributed by atoms with Crippen LogP contribution in [0.3, 0.4) is 0 Å². The molecule has 0 aliphatic heterocycles. The second-order valence-corrected chi connectivity index (χ2v) is 8.87. The molecule has 6 nitrogen and oxygen atoms in total. The predicted molar refractivity (Wildman–Crippen MR) is 115 cm³/mol. The van der Waals surface area contributed by atoms with Crippen LogP contribution < -0.4 is 0 Å². The number of hydrogen-bond acceptors (Lipinski definition) is 5. The summed E-state index contributed by atoms with van der Waals surface area (Å²) in [5.41, 5.74) is 1.52. The van der Waals surface area contributed by atoms with Crippen molar-refractivity contribution in [2.75, 3.05) is 0 Å². The van der Waals surface area contributed by atoms with E-state index in [-0.39, 0.29) is 17.0 Å². The minimum absolute atomic E-state index is 0.00920. The van der Waals surface area contributed by atoms with Crippen LogP contribution in [-0.2, 0) is 6.42 Å². The molecule has 0 spiro atoms. The Morgan fingerprint density at radius 1 is 1.27 bits per heavy atom. The predicted octanol–water partition coefficient (Wildman–Crippen LogP) is 6.08. The standard InChI is InChI=1S/C22H23ClFN5O/c1-5-12(22(2,3)4)9-15-17(24)19(16-7-6-8-30-16)27-21(26-15)18-14-10-13(23)11-25-20(14)29-28-18/h6-8,10-12H,5,9H2,1-4H3,(H,25,28,29)/t12-/m0/s1. The molecule has 156 valence electrons. The van der Waals surface area contributed by atoms with Gasteiger partial charge < -0.3 is 4.42 Å². The Labute approximate surface area is 178 Å². The van der Waals surface area contributed by atoms with Gasteiger partial charge in [0.05, 0.1) is 22.4 Å². The van der Waals surface area contributed by atoms with Gasteiger partial charge in [0, 0.05) is 6.20 Å². The van der Waals surface area contributed by atoms with Gasteiger partial charge in [0.1, 0.15) is 11.4 Å². The van der Waals surface area contributed by atoms with Crippen molar-refractivity contribution in [1.29, 1.82) is 0 Å². The van der Waals surface area contributed by atoms with Gasteiger partial charge in [-0.05, 0) is 36.0 Å². The fourth-order valence-corrected chi connectivity index (χ4v) is 3.82. The lowest BCUT2D eigenvalue weighted by Gasteiger charge is -2.29. The Bertz CT molecular complexity index is 1180. The fraction of sp³-hybridized carbons (Fsp3) is 0.364. The normalized spacial score (nSPS) is 13.1. The van der Waals surface area contributed by atoms with Crippen LogP contribution in [0.1, 0.15) is 39.8 Å². The number of nitrogens with one attached hydrogen (secondary N) is 1. The number of nitrogens with zero attached hydrogens (tertiary/aromatic N) is 4. The number of furan rings is 1. The van der Waals surface area contributed by atoms with Crippen molar-refractivity contribution in [3.05, 3.63) is 47.2 Å². The van der Waals surface area contributed by atoms with Gasteiger partial charge in [0.2, 0.25) is 0 Å². The van der Waals surface area contributed by atoms with Crippen LogP contribution in [-0.4, -0.2) is 25.1 Å². The van der Waals surface area contributed by atoms with Crippen molar-refractivity contribution in [1.82, 2.24) is 25.1 Å². The van der Waals surface area contributed by atoms with Crippen molar-refractivity contribution in [2.45, 2.75) is 40.5 Å². The average molecular weight is 428 g/mol. The highest BCUT2D eigenvalue weighted by Crippen LogP contribution is 2.35. The van der Waals surface area contributed by atoms with Gasteiger partial charge in [-0.1, -0.05) is 45.7 Å². The van der Waals surface area contributed by atoms with Crippen LogP contribution in [0.5, 0.6) is 0 Å². The van der Waals surface area contributed by atoms with E-state index in [1.54, 1.807) is 18.2 Å². The molecule has 0 fully saturated rings. The number of fused-ring (bicyclic) bond motifs is 1. The first kappa shape index (κ1) is 20.5. The van der Waals surface area contributed by atoms with E-state index in [2.05, 4.69) is 52.8 Å². The fourth-order valence-electron chi connectivity index (χ4n) is 3.66. The molecule has 0 aromatic carbocycles. The number of aromatic nitrogens is 5. The van der Waals surface area contributed by atoms with Gasteiger partial charge in [-0.3, -0.25) is 5.10 Å². The smallest absolute Gasteiger partial charge is 0.181 e. The molecule has 30 heavy (non-hydrogen) atoms. The Morgan fingerprint density at radius 3 is 2.73 bits per heavy atom. The highest BCUT2D eigenvalue weighted by Gasteiger charge is 2.28. The molecule has 1 atom stereocenters. The molecule has 4 aromatic rings. The third-order valence-electron chi connectivity index (χ3n) is 5.43. The quantitative estimate of drug-likeness (QED) is 0.417. The van der Waals surface area contributed by atoms with E-state index in [4.69, 9.17) is 16.0 Å². The van der Waals surface area contributed by atoms with E-state index in [0.717, 1.165) is 6.42 Å². The summed E-state index contributed by atoms with van der Waals surface area (Å²) in [4.78, 5) is 13.3. The molecule has 4 rings (SSSR count). The maximum absolute atomic E-state index is 15.5. The third kappa shape index (κ3) is 3.81. The second-order valence-electron chi connectivity index (χ2n) is 8.43.